The van der Waals surface area contributed by atoms with Crippen molar-refractivity contribution in [3.05, 3.63) is 59.7 Å². The van der Waals surface area contributed by atoms with Gasteiger partial charge in [0.2, 0.25) is 0 Å². The van der Waals surface area contributed by atoms with Crippen LogP contribution in [0.4, 0.5) is 0 Å². The van der Waals surface area contributed by atoms with E-state index < -0.39 is 0 Å². The van der Waals surface area contributed by atoms with E-state index in [2.05, 4.69) is 48.3 Å². The Bertz CT molecular complexity index is 707. The molecule has 0 aliphatic carbocycles. The largest absolute Gasteiger partial charge is 0.496 e. The van der Waals surface area contributed by atoms with E-state index in [0.29, 0.717) is 5.92 Å². The fourth-order valence-corrected chi connectivity index (χ4v) is 4.01. The first kappa shape index (κ1) is 22.6. The number of likely N-dealkylation sites (tertiary alicyclic amines) is 1. The predicted octanol–water partition coefficient (Wildman–Crippen LogP) is 5.40. The predicted molar refractivity (Wildman–Crippen MR) is 119 cm³/mol. The molecular weight excluding hydrogens is 370 g/mol. The molecule has 2 aromatic carbocycles. The molecule has 2 aromatic rings. The number of methoxy groups -OCH3 is 1. The second-order valence-electron chi connectivity index (χ2n) is 7.71. The fraction of sp³-hybridized carbons (Fsp3) is 0.500. The Balaban J connectivity index is 0.00000280. The van der Waals surface area contributed by atoms with Crippen LogP contribution >= 0.6 is 12.4 Å². The first-order chi connectivity index (χ1) is 13.3. The number of hydrogen-bond acceptors (Lipinski definition) is 3. The van der Waals surface area contributed by atoms with Crippen molar-refractivity contribution in [2.75, 3.05) is 33.9 Å². The van der Waals surface area contributed by atoms with Crippen LogP contribution in [0.5, 0.6) is 11.5 Å². The molecule has 0 aromatic heterocycles. The lowest BCUT2D eigenvalue weighted by Gasteiger charge is -2.29. The van der Waals surface area contributed by atoms with Gasteiger partial charge in [-0.25, -0.2) is 0 Å². The van der Waals surface area contributed by atoms with E-state index in [-0.39, 0.29) is 12.4 Å². The van der Waals surface area contributed by atoms with E-state index >= 15 is 0 Å². The molecule has 0 radical (unpaired) electrons. The summed E-state index contributed by atoms with van der Waals surface area (Å²) in [5, 5.41) is 0. The molecule has 3 nitrogen and oxygen atoms in total. The van der Waals surface area contributed by atoms with Crippen LogP contribution in [0.25, 0.3) is 0 Å². The Morgan fingerprint density at radius 1 is 0.929 bits per heavy atom. The Kier molecular flexibility index (Phi) is 9.66. The van der Waals surface area contributed by atoms with Crippen molar-refractivity contribution in [3.8, 4) is 11.5 Å². The lowest BCUT2D eigenvalue weighted by atomic mass is 9.99. The van der Waals surface area contributed by atoms with E-state index in [4.69, 9.17) is 9.47 Å². The second kappa shape index (κ2) is 12.0. The highest BCUT2D eigenvalue weighted by atomic mass is 35.5. The van der Waals surface area contributed by atoms with E-state index in [9.17, 15) is 0 Å². The molecule has 1 unspecified atom stereocenters. The van der Waals surface area contributed by atoms with Gasteiger partial charge in [-0.3, -0.25) is 0 Å². The number of unbranched alkanes of at least 4 members (excludes halogenated alkanes) is 1. The average molecular weight is 404 g/mol. The van der Waals surface area contributed by atoms with Gasteiger partial charge in [0.05, 0.1) is 13.7 Å². The number of benzene rings is 2. The number of ether oxygens (including phenoxy) is 2. The van der Waals surface area contributed by atoms with Crippen LogP contribution in [0.15, 0.2) is 48.5 Å². The lowest BCUT2D eigenvalue weighted by molar-refractivity contribution is 0.150. The summed E-state index contributed by atoms with van der Waals surface area (Å²) in [6, 6.07) is 16.9. The smallest absolute Gasteiger partial charge is 0.122 e. The molecule has 4 heteroatoms. The summed E-state index contributed by atoms with van der Waals surface area (Å²) in [4.78, 5) is 2.42. The summed E-state index contributed by atoms with van der Waals surface area (Å²) in [6.45, 7) is 3.21. The second-order valence-corrected chi connectivity index (χ2v) is 7.71. The van der Waals surface area contributed by atoms with Gasteiger partial charge in [-0.15, -0.1) is 12.4 Å². The number of rotatable bonds is 9. The maximum absolute atomic E-state index is 6.23. The van der Waals surface area contributed by atoms with Crippen molar-refractivity contribution in [2.24, 2.45) is 5.92 Å². The lowest BCUT2D eigenvalue weighted by Crippen LogP contribution is -2.34. The molecule has 154 valence electrons. The Hall–Kier alpha value is -1.71. The number of aryl methyl sites for hydroxylation is 2. The van der Waals surface area contributed by atoms with E-state index in [1.807, 2.05) is 12.1 Å². The van der Waals surface area contributed by atoms with Gasteiger partial charge in [0.25, 0.3) is 0 Å². The molecule has 0 bridgehead atoms. The first-order valence-electron chi connectivity index (χ1n) is 10.3. The molecule has 1 fully saturated rings. The van der Waals surface area contributed by atoms with E-state index in [1.54, 1.807) is 7.11 Å². The van der Waals surface area contributed by atoms with Crippen LogP contribution in [0, 0.1) is 5.92 Å². The van der Waals surface area contributed by atoms with Crippen LogP contribution in [0.1, 0.15) is 36.8 Å². The third kappa shape index (κ3) is 6.72. The van der Waals surface area contributed by atoms with Crippen LogP contribution in [-0.2, 0) is 12.8 Å². The Labute approximate surface area is 176 Å². The van der Waals surface area contributed by atoms with Crippen molar-refractivity contribution in [1.29, 1.82) is 0 Å². The van der Waals surface area contributed by atoms with Crippen LogP contribution in [0.3, 0.4) is 0 Å². The number of para-hydroxylation sites is 2. The maximum atomic E-state index is 6.23. The first-order valence-corrected chi connectivity index (χ1v) is 10.3. The zero-order valence-corrected chi connectivity index (χ0v) is 18.0. The molecule has 1 atom stereocenters. The standard InChI is InChI=1S/C24H33NO2.ClH/c1-25-17-9-10-20(18-25)19-27-24-16-8-6-14-22(24)13-4-3-11-21-12-5-7-15-23(21)26-2;/h5-8,12,14-16,20H,3-4,9-11,13,17-19H2,1-2H3;1H. The summed E-state index contributed by atoms with van der Waals surface area (Å²) in [6.07, 6.45) is 7.00. The van der Waals surface area contributed by atoms with Crippen molar-refractivity contribution < 1.29 is 9.47 Å². The van der Waals surface area contributed by atoms with Crippen molar-refractivity contribution in [2.45, 2.75) is 38.5 Å². The summed E-state index contributed by atoms with van der Waals surface area (Å²) in [5.41, 5.74) is 2.63. The highest BCUT2D eigenvalue weighted by Gasteiger charge is 2.18. The molecular formula is C24H34ClNO2. The molecule has 3 rings (SSSR count). The highest BCUT2D eigenvalue weighted by molar-refractivity contribution is 5.85. The van der Waals surface area contributed by atoms with Gasteiger partial charge >= 0.3 is 0 Å². The van der Waals surface area contributed by atoms with Gasteiger partial charge in [0, 0.05) is 12.5 Å². The van der Waals surface area contributed by atoms with Gasteiger partial charge in [0.15, 0.2) is 0 Å². The third-order valence-corrected chi connectivity index (χ3v) is 5.50. The Morgan fingerprint density at radius 2 is 1.54 bits per heavy atom. The number of halogens is 1. The topological polar surface area (TPSA) is 21.7 Å². The minimum atomic E-state index is 0. The average Bonchev–Trinajstić information content (AvgIpc) is 2.70. The number of hydrogen-bond donors (Lipinski definition) is 0. The Morgan fingerprint density at radius 3 is 2.18 bits per heavy atom. The van der Waals surface area contributed by atoms with Crippen molar-refractivity contribution in [3.63, 3.8) is 0 Å². The van der Waals surface area contributed by atoms with Crippen LogP contribution < -0.4 is 9.47 Å². The van der Waals surface area contributed by atoms with Crippen molar-refractivity contribution in [1.82, 2.24) is 4.90 Å². The number of piperidine rings is 1. The van der Waals surface area contributed by atoms with Crippen molar-refractivity contribution >= 4 is 12.4 Å². The minimum Gasteiger partial charge on any atom is -0.496 e. The molecule has 28 heavy (non-hydrogen) atoms. The SMILES string of the molecule is COc1ccccc1CCCCc1ccccc1OCC1CCCN(C)C1.Cl. The monoisotopic (exact) mass is 403 g/mol. The van der Waals surface area contributed by atoms with Gasteiger partial charge in [-0.2, -0.15) is 0 Å². The van der Waals surface area contributed by atoms with Gasteiger partial charge in [0.1, 0.15) is 11.5 Å². The molecule has 0 saturated carbocycles. The molecule has 0 spiro atoms. The number of nitrogens with zero attached hydrogens (tertiary/aromatic N) is 1. The van der Waals surface area contributed by atoms with Gasteiger partial charge in [-0.05, 0) is 75.4 Å². The molecule has 0 N–H and O–H groups in total. The van der Waals surface area contributed by atoms with Crippen LogP contribution in [-0.4, -0.2) is 38.8 Å². The maximum Gasteiger partial charge on any atom is 0.122 e. The highest BCUT2D eigenvalue weighted by Crippen LogP contribution is 2.24. The third-order valence-electron chi connectivity index (χ3n) is 5.50. The van der Waals surface area contributed by atoms with E-state index in [0.717, 1.165) is 50.3 Å². The van der Waals surface area contributed by atoms with Gasteiger partial charge in [-0.1, -0.05) is 36.4 Å². The normalized spacial score (nSPS) is 17.0. The van der Waals surface area contributed by atoms with Crippen LogP contribution in [0.2, 0.25) is 0 Å². The van der Waals surface area contributed by atoms with E-state index in [1.165, 1.54) is 30.5 Å². The summed E-state index contributed by atoms with van der Waals surface area (Å²) in [5.74, 6) is 2.73. The molecule has 1 saturated heterocycles. The molecule has 1 heterocycles. The van der Waals surface area contributed by atoms with Gasteiger partial charge < -0.3 is 14.4 Å². The molecule has 1 aliphatic rings. The summed E-state index contributed by atoms with van der Waals surface area (Å²) < 4.78 is 11.7. The summed E-state index contributed by atoms with van der Waals surface area (Å²) in [7, 11) is 3.96. The zero-order valence-electron chi connectivity index (χ0n) is 17.2. The molecule has 0 amide bonds. The fourth-order valence-electron chi connectivity index (χ4n) is 4.01. The molecule has 1 aliphatic heterocycles. The zero-order chi connectivity index (χ0) is 18.9. The minimum absolute atomic E-state index is 0. The quantitative estimate of drug-likeness (QED) is 0.523. The summed E-state index contributed by atoms with van der Waals surface area (Å²) >= 11 is 0.